The Morgan fingerprint density at radius 2 is 1.26 bits per heavy atom. The van der Waals surface area contributed by atoms with Gasteiger partial charge in [-0.25, -0.2) is 4.98 Å². The number of aromatic nitrogens is 2. The molecule has 0 atom stereocenters. The molecule has 0 unspecified atom stereocenters. The van der Waals surface area contributed by atoms with Gasteiger partial charge in [0.1, 0.15) is 5.82 Å². The summed E-state index contributed by atoms with van der Waals surface area (Å²) in [6.07, 6.45) is 8.53. The van der Waals surface area contributed by atoms with Crippen LogP contribution in [0.25, 0.3) is 29.3 Å². The standard InChI is InChI=1S/C24H20N2.ClH/c1-3-10-20(11-4-1)14-9-19-26-23-16-8-7-15-22(23)25-24(26)18-17-21-12-5-2-6-13-21;/h1-18H,19H2;1H/p-1/b14-9+,18-17+;. The van der Waals surface area contributed by atoms with E-state index in [0.717, 1.165) is 23.4 Å². The molecule has 27 heavy (non-hydrogen) atoms. The molecule has 0 fully saturated rings. The van der Waals surface area contributed by atoms with Gasteiger partial charge in [-0.3, -0.25) is 0 Å². The zero-order chi connectivity index (χ0) is 17.6. The third-order valence-electron chi connectivity index (χ3n) is 4.31. The predicted octanol–water partition coefficient (Wildman–Crippen LogP) is 2.92. The third-order valence-corrected chi connectivity index (χ3v) is 4.31. The van der Waals surface area contributed by atoms with E-state index in [2.05, 4.69) is 83.5 Å². The number of hydrogen-bond acceptors (Lipinski definition) is 1. The van der Waals surface area contributed by atoms with Gasteiger partial charge in [-0.2, -0.15) is 0 Å². The fourth-order valence-electron chi connectivity index (χ4n) is 3.01. The Morgan fingerprint density at radius 3 is 1.96 bits per heavy atom. The topological polar surface area (TPSA) is 17.8 Å². The Labute approximate surface area is 165 Å². The number of nitrogens with zero attached hydrogens (tertiary/aromatic N) is 2. The van der Waals surface area contributed by atoms with E-state index in [9.17, 15) is 0 Å². The molecule has 4 aromatic rings. The molecule has 0 amide bonds. The maximum absolute atomic E-state index is 4.80. The fourth-order valence-corrected chi connectivity index (χ4v) is 3.01. The van der Waals surface area contributed by atoms with Gasteiger partial charge in [0.2, 0.25) is 0 Å². The van der Waals surface area contributed by atoms with Crippen molar-refractivity contribution in [3.63, 3.8) is 0 Å². The lowest BCUT2D eigenvalue weighted by Crippen LogP contribution is -3.00. The number of fused-ring (bicyclic) bond motifs is 1. The van der Waals surface area contributed by atoms with Crippen molar-refractivity contribution in [2.24, 2.45) is 0 Å². The van der Waals surface area contributed by atoms with Crippen LogP contribution in [-0.2, 0) is 6.54 Å². The van der Waals surface area contributed by atoms with Crippen LogP contribution >= 0.6 is 0 Å². The molecule has 3 heteroatoms. The van der Waals surface area contributed by atoms with Gasteiger partial charge in [0, 0.05) is 6.54 Å². The molecular weight excluding hydrogens is 352 g/mol. The Morgan fingerprint density at radius 1 is 0.667 bits per heavy atom. The van der Waals surface area contributed by atoms with Crippen LogP contribution in [0.15, 0.2) is 91.0 Å². The van der Waals surface area contributed by atoms with E-state index in [4.69, 9.17) is 4.98 Å². The first-order valence-corrected chi connectivity index (χ1v) is 8.80. The van der Waals surface area contributed by atoms with Crippen LogP contribution in [0.3, 0.4) is 0 Å². The van der Waals surface area contributed by atoms with Crippen LogP contribution in [0.4, 0.5) is 0 Å². The average Bonchev–Trinajstić information content (AvgIpc) is 3.06. The monoisotopic (exact) mass is 371 g/mol. The highest BCUT2D eigenvalue weighted by Gasteiger charge is 2.06. The van der Waals surface area contributed by atoms with Gasteiger partial charge in [0.15, 0.2) is 0 Å². The Balaban J connectivity index is 0.00000210. The number of halogens is 1. The van der Waals surface area contributed by atoms with E-state index in [0.29, 0.717) is 0 Å². The Bertz CT molecular complexity index is 1050. The van der Waals surface area contributed by atoms with Crippen LogP contribution in [-0.4, -0.2) is 9.55 Å². The summed E-state index contributed by atoms with van der Waals surface area (Å²) in [6.45, 7) is 0.782. The summed E-state index contributed by atoms with van der Waals surface area (Å²) in [6, 6.07) is 29.0. The van der Waals surface area contributed by atoms with Crippen molar-refractivity contribution >= 4 is 29.3 Å². The average molecular weight is 372 g/mol. The van der Waals surface area contributed by atoms with E-state index in [1.54, 1.807) is 0 Å². The normalized spacial score (nSPS) is 11.3. The lowest BCUT2D eigenvalue weighted by molar-refractivity contribution is -0.00000504. The second-order valence-corrected chi connectivity index (χ2v) is 6.13. The molecule has 1 heterocycles. The second-order valence-electron chi connectivity index (χ2n) is 6.13. The molecule has 0 N–H and O–H groups in total. The van der Waals surface area contributed by atoms with Gasteiger partial charge in [-0.15, -0.1) is 0 Å². The van der Waals surface area contributed by atoms with Crippen molar-refractivity contribution in [3.05, 3.63) is 108 Å². The second kappa shape index (κ2) is 9.02. The molecule has 134 valence electrons. The minimum Gasteiger partial charge on any atom is -1.00 e. The maximum Gasteiger partial charge on any atom is 0.134 e. The molecule has 0 spiro atoms. The van der Waals surface area contributed by atoms with Crippen LogP contribution in [0.2, 0.25) is 0 Å². The number of allylic oxidation sites excluding steroid dienone is 1. The highest BCUT2D eigenvalue weighted by Crippen LogP contribution is 2.18. The summed E-state index contributed by atoms with van der Waals surface area (Å²) >= 11 is 0. The lowest BCUT2D eigenvalue weighted by atomic mass is 10.2. The molecule has 0 aliphatic heterocycles. The first-order valence-electron chi connectivity index (χ1n) is 8.80. The number of rotatable bonds is 5. The minimum absolute atomic E-state index is 0. The summed E-state index contributed by atoms with van der Waals surface area (Å²) in [5.74, 6) is 0.966. The van der Waals surface area contributed by atoms with E-state index in [-0.39, 0.29) is 12.4 Å². The largest absolute Gasteiger partial charge is 1.00 e. The Hall–Kier alpha value is -3.10. The fraction of sp³-hybridized carbons (Fsp3) is 0.0417. The van der Waals surface area contributed by atoms with Crippen LogP contribution < -0.4 is 12.4 Å². The van der Waals surface area contributed by atoms with Crippen LogP contribution in [0, 0.1) is 0 Å². The summed E-state index contributed by atoms with van der Waals surface area (Å²) in [7, 11) is 0. The zero-order valence-electron chi connectivity index (χ0n) is 14.9. The SMILES string of the molecule is C(=C\c1ccccc1)/Cn1c(/C=C/c2ccccc2)nc2ccccc21.[Cl-]. The summed E-state index contributed by atoms with van der Waals surface area (Å²) in [5.41, 5.74) is 4.55. The van der Waals surface area contributed by atoms with Crippen molar-refractivity contribution in [2.75, 3.05) is 0 Å². The van der Waals surface area contributed by atoms with Gasteiger partial charge < -0.3 is 17.0 Å². The lowest BCUT2D eigenvalue weighted by Gasteiger charge is -2.03. The number of hydrogen-bond donors (Lipinski definition) is 0. The van der Waals surface area contributed by atoms with Crippen LogP contribution in [0.5, 0.6) is 0 Å². The summed E-state index contributed by atoms with van der Waals surface area (Å²) in [5, 5.41) is 0. The Kier molecular flexibility index (Phi) is 6.24. The highest BCUT2D eigenvalue weighted by atomic mass is 35.5. The highest BCUT2D eigenvalue weighted by molar-refractivity contribution is 5.80. The molecule has 0 radical (unpaired) electrons. The summed E-state index contributed by atoms with van der Waals surface area (Å²) < 4.78 is 2.24. The van der Waals surface area contributed by atoms with E-state index in [1.165, 1.54) is 11.1 Å². The van der Waals surface area contributed by atoms with Crippen molar-refractivity contribution in [1.29, 1.82) is 0 Å². The predicted molar refractivity (Wildman–Crippen MR) is 111 cm³/mol. The first kappa shape index (κ1) is 18.7. The van der Waals surface area contributed by atoms with Crippen LogP contribution in [0.1, 0.15) is 17.0 Å². The van der Waals surface area contributed by atoms with E-state index in [1.807, 2.05) is 30.3 Å². The summed E-state index contributed by atoms with van der Waals surface area (Å²) in [4.78, 5) is 4.80. The third kappa shape index (κ3) is 4.55. The molecule has 0 aliphatic carbocycles. The maximum atomic E-state index is 4.80. The molecule has 1 aromatic heterocycles. The molecule has 3 aromatic carbocycles. The minimum atomic E-state index is 0. The molecule has 2 nitrogen and oxygen atoms in total. The van der Waals surface area contributed by atoms with E-state index < -0.39 is 0 Å². The molecule has 0 saturated carbocycles. The smallest absolute Gasteiger partial charge is 0.134 e. The first-order chi connectivity index (χ1) is 12.9. The molecule has 4 rings (SSSR count). The number of benzene rings is 3. The van der Waals surface area contributed by atoms with Gasteiger partial charge in [0.25, 0.3) is 0 Å². The number of imidazole rings is 1. The molecule has 0 saturated heterocycles. The number of para-hydroxylation sites is 2. The molecule has 0 aliphatic rings. The van der Waals surface area contributed by atoms with E-state index >= 15 is 0 Å². The van der Waals surface area contributed by atoms with Gasteiger partial charge >= 0.3 is 0 Å². The quantitative estimate of drug-likeness (QED) is 0.527. The van der Waals surface area contributed by atoms with Crippen molar-refractivity contribution < 1.29 is 12.4 Å². The van der Waals surface area contributed by atoms with Gasteiger partial charge in [-0.05, 0) is 29.3 Å². The van der Waals surface area contributed by atoms with Crippen molar-refractivity contribution in [1.82, 2.24) is 9.55 Å². The molecule has 0 bridgehead atoms. The van der Waals surface area contributed by atoms with Gasteiger partial charge in [0.05, 0.1) is 11.0 Å². The van der Waals surface area contributed by atoms with Gasteiger partial charge in [-0.1, -0.05) is 91.0 Å². The van der Waals surface area contributed by atoms with Crippen molar-refractivity contribution in [2.45, 2.75) is 6.54 Å². The zero-order valence-corrected chi connectivity index (χ0v) is 15.6. The van der Waals surface area contributed by atoms with Crippen molar-refractivity contribution in [3.8, 4) is 0 Å². The molecular formula is C24H20ClN2-.